The monoisotopic (exact) mass is 197 g/mol. The molecule has 0 bridgehead atoms. The number of allylic oxidation sites excluding steroid dienone is 1. The van der Waals surface area contributed by atoms with Crippen LogP contribution in [-0.4, -0.2) is 0 Å². The summed E-state index contributed by atoms with van der Waals surface area (Å²) in [5, 5.41) is 0. The predicted octanol–water partition coefficient (Wildman–Crippen LogP) is 2.44. The van der Waals surface area contributed by atoms with Crippen molar-refractivity contribution in [3.8, 4) is 0 Å². The molecule has 0 aromatic carbocycles. The summed E-state index contributed by atoms with van der Waals surface area (Å²) >= 11 is 6.11. The Kier molecular flexibility index (Phi) is 3.32. The van der Waals surface area contributed by atoms with Gasteiger partial charge in [-0.25, -0.2) is 0 Å². The van der Waals surface area contributed by atoms with E-state index in [1.54, 1.807) is 0 Å². The molecule has 0 N–H and O–H groups in total. The molecule has 0 heterocycles. The Balaban J connectivity index is 3.14. The average Bonchev–Trinajstić information content (AvgIpc) is 1.38. The van der Waals surface area contributed by atoms with Gasteiger partial charge in [0.05, 0.1) is 0 Å². The molecule has 0 saturated carbocycles. The van der Waals surface area contributed by atoms with Gasteiger partial charge in [-0.3, -0.25) is 0 Å². The van der Waals surface area contributed by atoms with E-state index < -0.39 is 0 Å². The molecule has 0 unspecified atom stereocenters. The lowest BCUT2D eigenvalue weighted by atomic mass is 10.8. The lowest BCUT2D eigenvalue weighted by molar-refractivity contribution is 1.73. The van der Waals surface area contributed by atoms with Crippen LogP contribution < -0.4 is 0 Å². The van der Waals surface area contributed by atoms with Crippen LogP contribution in [0.15, 0.2) is 4.48 Å². The van der Waals surface area contributed by atoms with Crippen LogP contribution in [0.4, 0.5) is 0 Å². The Morgan fingerprint density at radius 2 is 2.00 bits per heavy atom. The molecule has 0 aliphatic rings. The maximum Gasteiger partial charge on any atom is 0.0423 e. The molecule has 29 valence electrons. The smallest absolute Gasteiger partial charge is 0.0423 e. The fraction of sp³-hybridized carbons (Fsp3) is 0.333. The fourth-order valence-corrected chi connectivity index (χ4v) is 0. The molecule has 0 aliphatic carbocycles. The highest BCUT2D eigenvalue weighted by molar-refractivity contribution is 9.13. The van der Waals surface area contributed by atoms with E-state index in [0.29, 0.717) is 0 Å². The molecule has 0 nitrogen and oxygen atoms in total. The van der Waals surface area contributed by atoms with Gasteiger partial charge in [-0.15, -0.1) is 0 Å². The van der Waals surface area contributed by atoms with Crippen molar-refractivity contribution in [3.05, 3.63) is 9.47 Å². The number of halogens is 2. The molecule has 0 aromatic heterocycles. The second-order valence-electron chi connectivity index (χ2n) is 0.628. The van der Waals surface area contributed by atoms with E-state index in [9.17, 15) is 0 Å². The molecular weight excluding hydrogens is 196 g/mol. The van der Waals surface area contributed by atoms with Crippen molar-refractivity contribution in [1.29, 1.82) is 0 Å². The summed E-state index contributed by atoms with van der Waals surface area (Å²) in [7, 11) is 0. The first kappa shape index (κ1) is 5.70. The third-order valence-electron chi connectivity index (χ3n) is 0.130. The van der Waals surface area contributed by atoms with Gasteiger partial charge in [0.25, 0.3) is 0 Å². The Hall–Kier alpha value is 0.700. The first-order chi connectivity index (χ1) is 2.27. The number of hydrogen-bond acceptors (Lipinski definition) is 0. The Bertz CT molecular complexity index is 42.9. The van der Waals surface area contributed by atoms with Crippen LogP contribution >= 0.6 is 31.9 Å². The van der Waals surface area contributed by atoms with Crippen molar-refractivity contribution in [3.63, 3.8) is 0 Å². The lowest BCUT2D eigenvalue weighted by Crippen LogP contribution is -1.41. The molecule has 0 atom stereocenters. The molecule has 2 heteroatoms. The van der Waals surface area contributed by atoms with Gasteiger partial charge in [0.1, 0.15) is 0 Å². The topological polar surface area (TPSA) is 0 Å². The molecule has 1 radical (unpaired) electrons. The van der Waals surface area contributed by atoms with Gasteiger partial charge in [-0.05, 0) is 22.9 Å². The van der Waals surface area contributed by atoms with Crippen LogP contribution in [0.3, 0.4) is 0 Å². The van der Waals surface area contributed by atoms with Crippen molar-refractivity contribution in [2.45, 2.75) is 6.92 Å². The first-order valence-electron chi connectivity index (χ1n) is 1.13. The zero-order valence-corrected chi connectivity index (χ0v) is 5.93. The molecular formula is C3H3Br2. The predicted molar refractivity (Wildman–Crippen MR) is 30.3 cm³/mol. The van der Waals surface area contributed by atoms with E-state index in [0.717, 1.165) is 4.48 Å². The third-order valence-corrected chi connectivity index (χ3v) is 1.46. The molecule has 0 fully saturated rings. The number of hydrogen-bond donors (Lipinski definition) is 0. The van der Waals surface area contributed by atoms with E-state index >= 15 is 0 Å². The van der Waals surface area contributed by atoms with Crippen LogP contribution in [0, 0.1) is 4.99 Å². The summed E-state index contributed by atoms with van der Waals surface area (Å²) in [6.07, 6.45) is 0. The number of rotatable bonds is 0. The van der Waals surface area contributed by atoms with Gasteiger partial charge in [-0.1, -0.05) is 15.9 Å². The molecule has 5 heavy (non-hydrogen) atoms. The molecule has 0 saturated heterocycles. The fourth-order valence-electron chi connectivity index (χ4n) is 0. The van der Waals surface area contributed by atoms with Crippen LogP contribution in [0.5, 0.6) is 0 Å². The average molecular weight is 199 g/mol. The minimum Gasteiger partial charge on any atom is -0.0547 e. The summed E-state index contributed by atoms with van der Waals surface area (Å²) < 4.78 is 0.984. The van der Waals surface area contributed by atoms with Gasteiger partial charge < -0.3 is 0 Å². The van der Waals surface area contributed by atoms with Gasteiger partial charge in [0.2, 0.25) is 0 Å². The molecule has 0 rings (SSSR count). The largest absolute Gasteiger partial charge is 0.0547 e. The summed E-state index contributed by atoms with van der Waals surface area (Å²) in [5.41, 5.74) is 0. The Labute approximate surface area is 48.5 Å². The quantitative estimate of drug-likeness (QED) is 0.561. The normalized spacial score (nSPS) is 12.2. The van der Waals surface area contributed by atoms with E-state index in [2.05, 4.69) is 36.8 Å². The maximum atomic E-state index is 3.13. The Morgan fingerprint density at radius 1 is 1.80 bits per heavy atom. The third kappa shape index (κ3) is 4.70. The minimum atomic E-state index is 0.984. The molecule has 0 spiro atoms. The van der Waals surface area contributed by atoms with Crippen molar-refractivity contribution in [2.75, 3.05) is 0 Å². The molecule has 0 aromatic rings. The van der Waals surface area contributed by atoms with E-state index in [-0.39, 0.29) is 0 Å². The highest BCUT2D eigenvalue weighted by atomic mass is 79.9. The second kappa shape index (κ2) is 2.91. The highest BCUT2D eigenvalue weighted by Crippen LogP contribution is 2.01. The van der Waals surface area contributed by atoms with Crippen LogP contribution in [-0.2, 0) is 0 Å². The van der Waals surface area contributed by atoms with Crippen LogP contribution in [0.1, 0.15) is 6.92 Å². The van der Waals surface area contributed by atoms with Crippen molar-refractivity contribution in [1.82, 2.24) is 0 Å². The van der Waals surface area contributed by atoms with E-state index in [4.69, 9.17) is 0 Å². The molecule has 0 aliphatic heterocycles. The SMILES string of the molecule is C/C(Br)=[C]/Br. The summed E-state index contributed by atoms with van der Waals surface area (Å²) in [6.45, 7) is 1.90. The zero-order valence-electron chi connectivity index (χ0n) is 2.76. The van der Waals surface area contributed by atoms with Gasteiger partial charge >= 0.3 is 0 Å². The van der Waals surface area contributed by atoms with Crippen molar-refractivity contribution < 1.29 is 0 Å². The lowest BCUT2D eigenvalue weighted by Gasteiger charge is -1.67. The van der Waals surface area contributed by atoms with E-state index in [1.807, 2.05) is 6.92 Å². The Morgan fingerprint density at radius 3 is 2.00 bits per heavy atom. The molecule has 0 amide bonds. The van der Waals surface area contributed by atoms with Gasteiger partial charge in [-0.2, -0.15) is 0 Å². The van der Waals surface area contributed by atoms with Gasteiger partial charge in [0.15, 0.2) is 0 Å². The second-order valence-corrected chi connectivity index (χ2v) is 2.21. The van der Waals surface area contributed by atoms with Crippen LogP contribution in [0.25, 0.3) is 0 Å². The van der Waals surface area contributed by atoms with E-state index in [1.165, 1.54) is 0 Å². The zero-order chi connectivity index (χ0) is 4.28. The summed E-state index contributed by atoms with van der Waals surface area (Å²) in [5.74, 6) is 0. The van der Waals surface area contributed by atoms with Gasteiger partial charge in [0, 0.05) is 9.47 Å². The first-order valence-corrected chi connectivity index (χ1v) is 2.71. The van der Waals surface area contributed by atoms with Crippen LogP contribution in [0.2, 0.25) is 0 Å². The minimum absolute atomic E-state index is 0.984. The van der Waals surface area contributed by atoms with Crippen molar-refractivity contribution >= 4 is 31.9 Å². The summed E-state index contributed by atoms with van der Waals surface area (Å²) in [4.78, 5) is 2.67. The highest BCUT2D eigenvalue weighted by Gasteiger charge is 1.66. The summed E-state index contributed by atoms with van der Waals surface area (Å²) in [6, 6.07) is 0. The van der Waals surface area contributed by atoms with Crippen molar-refractivity contribution in [2.24, 2.45) is 0 Å². The standard InChI is InChI=1S/C3H3Br2/c1-3(5)2-4/h1H3. The maximum absolute atomic E-state index is 3.13.